The van der Waals surface area contributed by atoms with Crippen LogP contribution in [0.2, 0.25) is 0 Å². The molecule has 0 saturated heterocycles. The quantitative estimate of drug-likeness (QED) is 0.903. The van der Waals surface area contributed by atoms with Gasteiger partial charge in [-0.05, 0) is 45.9 Å². The van der Waals surface area contributed by atoms with E-state index < -0.39 is 11.0 Å². The Hall–Kier alpha value is -0.260. The third-order valence-corrected chi connectivity index (χ3v) is 4.44. The molecule has 2 atom stereocenters. The van der Waals surface area contributed by atoms with Crippen LogP contribution in [0.15, 0.2) is 22.7 Å². The molecule has 17 heavy (non-hydrogen) atoms. The molecule has 0 aliphatic carbocycles. The van der Waals surface area contributed by atoms with E-state index in [4.69, 9.17) is 0 Å². The van der Waals surface area contributed by atoms with Crippen molar-refractivity contribution in [1.29, 1.82) is 0 Å². The third-order valence-electron chi connectivity index (χ3n) is 2.26. The van der Waals surface area contributed by atoms with Crippen molar-refractivity contribution < 1.29 is 8.60 Å². The van der Waals surface area contributed by atoms with Crippen molar-refractivity contribution in [3.05, 3.63) is 34.1 Å². The topological polar surface area (TPSA) is 29.1 Å². The lowest BCUT2D eigenvalue weighted by Crippen LogP contribution is -2.35. The molecule has 0 fully saturated rings. The molecular formula is C12H17BrFNOS. The number of rotatable bonds is 3. The molecule has 0 spiro atoms. The Morgan fingerprint density at radius 3 is 2.53 bits per heavy atom. The minimum Gasteiger partial charge on any atom is -0.242 e. The first-order valence-corrected chi connectivity index (χ1v) is 7.29. The van der Waals surface area contributed by atoms with Gasteiger partial charge >= 0.3 is 0 Å². The molecule has 5 heteroatoms. The van der Waals surface area contributed by atoms with Gasteiger partial charge in [-0.25, -0.2) is 13.3 Å². The zero-order valence-electron chi connectivity index (χ0n) is 10.4. The highest BCUT2D eigenvalue weighted by atomic mass is 79.9. The maximum Gasteiger partial charge on any atom is 0.128 e. The second kappa shape index (κ2) is 5.59. The lowest BCUT2D eigenvalue weighted by Gasteiger charge is -2.22. The van der Waals surface area contributed by atoms with E-state index in [0.29, 0.717) is 5.56 Å². The largest absolute Gasteiger partial charge is 0.242 e. The molecule has 0 radical (unpaired) electrons. The van der Waals surface area contributed by atoms with E-state index in [1.807, 2.05) is 20.8 Å². The minimum atomic E-state index is -1.21. The van der Waals surface area contributed by atoms with E-state index in [1.54, 1.807) is 19.1 Å². The van der Waals surface area contributed by atoms with E-state index in [2.05, 4.69) is 20.7 Å². The lowest BCUT2D eigenvalue weighted by molar-refractivity contribution is 0.571. The van der Waals surface area contributed by atoms with Crippen LogP contribution in [0.5, 0.6) is 0 Å². The summed E-state index contributed by atoms with van der Waals surface area (Å²) in [6, 6.07) is 4.45. The number of hydrogen-bond donors (Lipinski definition) is 1. The van der Waals surface area contributed by atoms with Crippen molar-refractivity contribution in [2.75, 3.05) is 0 Å². The van der Waals surface area contributed by atoms with Gasteiger partial charge in [0, 0.05) is 16.1 Å². The van der Waals surface area contributed by atoms with Gasteiger partial charge in [-0.2, -0.15) is 0 Å². The highest BCUT2D eigenvalue weighted by Crippen LogP contribution is 2.23. The maximum absolute atomic E-state index is 13.6. The summed E-state index contributed by atoms with van der Waals surface area (Å²) < 4.78 is 28.9. The number of nitrogens with one attached hydrogen (secondary N) is 1. The fraction of sp³-hybridized carbons (Fsp3) is 0.500. The van der Waals surface area contributed by atoms with Gasteiger partial charge in [0.25, 0.3) is 0 Å². The summed E-state index contributed by atoms with van der Waals surface area (Å²) in [5.74, 6) is -0.292. The second-order valence-electron chi connectivity index (χ2n) is 4.89. The molecule has 1 aromatic rings. The SMILES string of the molecule is C[C@@H](NS(=O)C(C)(C)C)c1cc(Br)ccc1F. The standard InChI is InChI=1S/C12H17BrFNOS/c1-8(15-17(16)12(2,3)4)10-7-9(13)5-6-11(10)14/h5-8,15H,1-4H3/t8-,17?/m1/s1. The van der Waals surface area contributed by atoms with Crippen molar-refractivity contribution >= 4 is 26.9 Å². The molecule has 0 aliphatic heterocycles. The van der Waals surface area contributed by atoms with Crippen LogP contribution in [0.1, 0.15) is 39.3 Å². The highest BCUT2D eigenvalue weighted by molar-refractivity contribution is 9.10. The van der Waals surface area contributed by atoms with Crippen molar-refractivity contribution in [2.24, 2.45) is 0 Å². The fourth-order valence-electron chi connectivity index (χ4n) is 1.25. The Morgan fingerprint density at radius 1 is 1.41 bits per heavy atom. The Kier molecular flexibility index (Phi) is 4.86. The van der Waals surface area contributed by atoms with Gasteiger partial charge in [-0.15, -0.1) is 0 Å². The van der Waals surface area contributed by atoms with E-state index >= 15 is 0 Å². The van der Waals surface area contributed by atoms with Crippen LogP contribution in [-0.4, -0.2) is 8.96 Å². The Balaban J connectivity index is 2.87. The molecule has 0 aliphatic rings. The van der Waals surface area contributed by atoms with Crippen LogP contribution in [0.4, 0.5) is 4.39 Å². The summed E-state index contributed by atoms with van der Waals surface area (Å²) >= 11 is 3.30. The summed E-state index contributed by atoms with van der Waals surface area (Å²) in [5.41, 5.74) is 0.511. The van der Waals surface area contributed by atoms with Gasteiger partial charge in [0.15, 0.2) is 0 Å². The predicted molar refractivity (Wildman–Crippen MR) is 73.5 cm³/mol. The molecule has 2 nitrogen and oxygen atoms in total. The fourth-order valence-corrected chi connectivity index (χ4v) is 2.43. The van der Waals surface area contributed by atoms with Crippen molar-refractivity contribution in [2.45, 2.75) is 38.5 Å². The second-order valence-corrected chi connectivity index (χ2v) is 7.80. The monoisotopic (exact) mass is 321 g/mol. The lowest BCUT2D eigenvalue weighted by atomic mass is 10.1. The van der Waals surface area contributed by atoms with Gasteiger partial charge in [0.05, 0.1) is 15.7 Å². The summed E-state index contributed by atoms with van der Waals surface area (Å²) in [4.78, 5) is 0. The van der Waals surface area contributed by atoms with Crippen LogP contribution in [-0.2, 0) is 11.0 Å². The summed E-state index contributed by atoms with van der Waals surface area (Å²) in [7, 11) is -1.21. The van der Waals surface area contributed by atoms with Crippen LogP contribution < -0.4 is 4.72 Å². The molecule has 1 rings (SSSR count). The summed E-state index contributed by atoms with van der Waals surface area (Å²) in [5, 5.41) is 0. The molecule has 0 aromatic heterocycles. The van der Waals surface area contributed by atoms with Gasteiger partial charge in [-0.3, -0.25) is 0 Å². The molecule has 1 aromatic carbocycles. The molecular weight excluding hydrogens is 305 g/mol. The average molecular weight is 322 g/mol. The normalized spacial score (nSPS) is 15.6. The number of benzene rings is 1. The van der Waals surface area contributed by atoms with Gasteiger partial charge in [0.1, 0.15) is 5.82 Å². The zero-order valence-corrected chi connectivity index (χ0v) is 12.8. The Labute approximate surface area is 113 Å². The highest BCUT2D eigenvalue weighted by Gasteiger charge is 2.22. The van der Waals surface area contributed by atoms with Crippen molar-refractivity contribution in [3.8, 4) is 0 Å². The maximum atomic E-state index is 13.6. The smallest absolute Gasteiger partial charge is 0.128 e. The number of halogens is 2. The van der Waals surface area contributed by atoms with Gasteiger partial charge in [0.2, 0.25) is 0 Å². The average Bonchev–Trinajstić information content (AvgIpc) is 2.20. The predicted octanol–water partition coefficient (Wildman–Crippen LogP) is 3.70. The molecule has 96 valence electrons. The van der Waals surface area contributed by atoms with Crippen LogP contribution >= 0.6 is 15.9 Å². The summed E-state index contributed by atoms with van der Waals surface area (Å²) in [6.07, 6.45) is 0. The van der Waals surface area contributed by atoms with Crippen molar-refractivity contribution in [3.63, 3.8) is 0 Å². The van der Waals surface area contributed by atoms with E-state index in [1.165, 1.54) is 6.07 Å². The van der Waals surface area contributed by atoms with E-state index in [9.17, 15) is 8.60 Å². The van der Waals surface area contributed by atoms with Crippen LogP contribution in [0, 0.1) is 5.82 Å². The molecule has 0 heterocycles. The van der Waals surface area contributed by atoms with E-state index in [0.717, 1.165) is 4.47 Å². The van der Waals surface area contributed by atoms with Gasteiger partial charge in [-0.1, -0.05) is 15.9 Å². The number of hydrogen-bond acceptors (Lipinski definition) is 1. The van der Waals surface area contributed by atoms with E-state index in [-0.39, 0.29) is 16.6 Å². The summed E-state index contributed by atoms with van der Waals surface area (Å²) in [6.45, 7) is 7.43. The first-order valence-electron chi connectivity index (χ1n) is 5.35. The molecule has 0 saturated carbocycles. The minimum absolute atomic E-state index is 0.292. The molecule has 0 bridgehead atoms. The zero-order chi connectivity index (χ0) is 13.2. The first kappa shape index (κ1) is 14.8. The van der Waals surface area contributed by atoms with Crippen LogP contribution in [0.3, 0.4) is 0 Å². The van der Waals surface area contributed by atoms with Gasteiger partial charge < -0.3 is 0 Å². The molecule has 1 unspecified atom stereocenters. The third kappa shape index (κ3) is 4.16. The first-order chi connectivity index (χ1) is 7.71. The molecule has 1 N–H and O–H groups in total. The Morgan fingerprint density at radius 2 is 2.00 bits per heavy atom. The van der Waals surface area contributed by atoms with Crippen molar-refractivity contribution in [1.82, 2.24) is 4.72 Å². The Bertz CT molecular complexity index is 431. The van der Waals surface area contributed by atoms with Crippen LogP contribution in [0.25, 0.3) is 0 Å². The molecule has 0 amide bonds.